The molecule has 1 atom stereocenters. The van der Waals surface area contributed by atoms with E-state index < -0.39 is 0 Å². The topological polar surface area (TPSA) is 34.1 Å². The lowest BCUT2D eigenvalue weighted by Gasteiger charge is -2.22. The number of hydrogen-bond donors (Lipinski definition) is 1. The number of fused-ring (bicyclic) bond motifs is 1. The molecular formula is C14H18N2OS. The highest BCUT2D eigenvalue weighted by Crippen LogP contribution is 2.27. The molecule has 2 aromatic rings. The fourth-order valence-electron chi connectivity index (χ4n) is 2.40. The molecule has 0 saturated carbocycles. The van der Waals surface area contributed by atoms with Crippen molar-refractivity contribution >= 4 is 21.6 Å². The minimum absolute atomic E-state index is 0.771. The van der Waals surface area contributed by atoms with Crippen molar-refractivity contribution in [1.82, 2.24) is 10.3 Å². The Morgan fingerprint density at radius 1 is 1.39 bits per heavy atom. The van der Waals surface area contributed by atoms with Crippen LogP contribution in [0.1, 0.15) is 19.3 Å². The summed E-state index contributed by atoms with van der Waals surface area (Å²) in [7, 11) is 0. The van der Waals surface area contributed by atoms with Gasteiger partial charge in [-0.3, -0.25) is 0 Å². The first-order valence-electron chi connectivity index (χ1n) is 6.61. The van der Waals surface area contributed by atoms with Crippen molar-refractivity contribution in [3.63, 3.8) is 0 Å². The summed E-state index contributed by atoms with van der Waals surface area (Å²) in [5, 5.41) is 4.24. The monoisotopic (exact) mass is 262 g/mol. The maximum atomic E-state index is 5.77. The Morgan fingerprint density at radius 2 is 2.33 bits per heavy atom. The van der Waals surface area contributed by atoms with Crippen LogP contribution in [0.3, 0.4) is 0 Å². The van der Waals surface area contributed by atoms with Gasteiger partial charge in [-0.1, -0.05) is 23.5 Å². The second kappa shape index (κ2) is 5.67. The van der Waals surface area contributed by atoms with E-state index in [4.69, 9.17) is 4.74 Å². The number of thiazole rings is 1. The fourth-order valence-corrected chi connectivity index (χ4v) is 3.24. The van der Waals surface area contributed by atoms with Gasteiger partial charge in [0, 0.05) is 0 Å². The molecule has 1 N–H and O–H groups in total. The van der Waals surface area contributed by atoms with Gasteiger partial charge in [0.25, 0.3) is 5.19 Å². The van der Waals surface area contributed by atoms with Crippen LogP contribution in [0.25, 0.3) is 10.2 Å². The Bertz CT molecular complexity index is 472. The molecule has 1 aromatic heterocycles. The lowest BCUT2D eigenvalue weighted by Crippen LogP contribution is -2.30. The van der Waals surface area contributed by atoms with Crippen LogP contribution in [0.4, 0.5) is 0 Å². The normalized spacial score (nSPS) is 20.1. The molecule has 1 aromatic carbocycles. The van der Waals surface area contributed by atoms with Gasteiger partial charge < -0.3 is 10.1 Å². The van der Waals surface area contributed by atoms with E-state index in [9.17, 15) is 0 Å². The third kappa shape index (κ3) is 2.82. The van der Waals surface area contributed by atoms with Crippen molar-refractivity contribution in [2.24, 2.45) is 5.92 Å². The lowest BCUT2D eigenvalue weighted by molar-refractivity contribution is 0.253. The molecule has 3 rings (SSSR count). The maximum absolute atomic E-state index is 5.77. The predicted octanol–water partition coefficient (Wildman–Crippen LogP) is 3.06. The van der Waals surface area contributed by atoms with Crippen LogP contribution < -0.4 is 10.1 Å². The summed E-state index contributed by atoms with van der Waals surface area (Å²) in [5.74, 6) is 0.771. The van der Waals surface area contributed by atoms with E-state index in [2.05, 4.69) is 16.4 Å². The second-order valence-electron chi connectivity index (χ2n) is 4.80. The van der Waals surface area contributed by atoms with Gasteiger partial charge in [-0.25, -0.2) is 4.98 Å². The Kier molecular flexibility index (Phi) is 3.76. The summed E-state index contributed by atoms with van der Waals surface area (Å²) in [6, 6.07) is 8.17. The SMILES string of the molecule is c1ccc2sc(OCCC3CCCNC3)nc2c1. The standard InChI is InChI=1S/C14H18N2OS/c1-2-6-13-12(5-1)16-14(18-13)17-9-7-11-4-3-8-15-10-11/h1-2,5-6,11,15H,3-4,7-10H2. The quantitative estimate of drug-likeness (QED) is 0.919. The first-order valence-corrected chi connectivity index (χ1v) is 7.42. The van der Waals surface area contributed by atoms with Gasteiger partial charge in [0.2, 0.25) is 0 Å². The Labute approximate surface area is 111 Å². The molecule has 0 bridgehead atoms. The second-order valence-corrected chi connectivity index (χ2v) is 5.79. The third-order valence-electron chi connectivity index (χ3n) is 3.42. The molecule has 1 fully saturated rings. The summed E-state index contributed by atoms with van der Waals surface area (Å²) in [6.07, 6.45) is 3.75. The summed E-state index contributed by atoms with van der Waals surface area (Å²) < 4.78 is 6.97. The Hall–Kier alpha value is -1.13. The van der Waals surface area contributed by atoms with Crippen molar-refractivity contribution in [2.75, 3.05) is 19.7 Å². The molecule has 18 heavy (non-hydrogen) atoms. The van der Waals surface area contributed by atoms with Crippen LogP contribution in [-0.4, -0.2) is 24.7 Å². The van der Waals surface area contributed by atoms with Gasteiger partial charge in [0.1, 0.15) is 0 Å². The van der Waals surface area contributed by atoms with Gasteiger partial charge >= 0.3 is 0 Å². The molecule has 0 spiro atoms. The molecule has 1 aliphatic rings. The number of rotatable bonds is 4. The molecule has 1 saturated heterocycles. The van der Waals surface area contributed by atoms with E-state index in [0.717, 1.165) is 36.2 Å². The number of benzene rings is 1. The average Bonchev–Trinajstić information content (AvgIpc) is 2.82. The van der Waals surface area contributed by atoms with Crippen LogP contribution in [-0.2, 0) is 0 Å². The van der Waals surface area contributed by atoms with Gasteiger partial charge in [0.15, 0.2) is 0 Å². The predicted molar refractivity (Wildman–Crippen MR) is 75.3 cm³/mol. The zero-order chi connectivity index (χ0) is 12.2. The Morgan fingerprint density at radius 3 is 3.17 bits per heavy atom. The van der Waals surface area contributed by atoms with Gasteiger partial charge in [0.05, 0.1) is 16.8 Å². The number of para-hydroxylation sites is 1. The van der Waals surface area contributed by atoms with Crippen LogP contribution in [0.15, 0.2) is 24.3 Å². The van der Waals surface area contributed by atoms with Crippen LogP contribution in [0, 0.1) is 5.92 Å². The lowest BCUT2D eigenvalue weighted by atomic mass is 9.97. The first-order chi connectivity index (χ1) is 8.92. The number of nitrogens with zero attached hydrogens (tertiary/aromatic N) is 1. The summed E-state index contributed by atoms with van der Waals surface area (Å²) in [6.45, 7) is 3.10. The van der Waals surface area contributed by atoms with E-state index in [1.807, 2.05) is 18.2 Å². The van der Waals surface area contributed by atoms with E-state index in [0.29, 0.717) is 0 Å². The zero-order valence-electron chi connectivity index (χ0n) is 10.4. The van der Waals surface area contributed by atoms with Crippen molar-refractivity contribution in [3.05, 3.63) is 24.3 Å². The third-order valence-corrected chi connectivity index (χ3v) is 4.37. The molecule has 1 aliphatic heterocycles. The minimum atomic E-state index is 0.771. The fraction of sp³-hybridized carbons (Fsp3) is 0.500. The minimum Gasteiger partial charge on any atom is -0.470 e. The number of ether oxygens (including phenoxy) is 1. The molecule has 1 unspecified atom stereocenters. The van der Waals surface area contributed by atoms with E-state index in [-0.39, 0.29) is 0 Å². The van der Waals surface area contributed by atoms with Gasteiger partial charge in [-0.05, 0) is 50.4 Å². The largest absolute Gasteiger partial charge is 0.470 e. The summed E-state index contributed by atoms with van der Waals surface area (Å²) in [4.78, 5) is 4.48. The van der Waals surface area contributed by atoms with Gasteiger partial charge in [-0.15, -0.1) is 0 Å². The number of nitrogens with one attached hydrogen (secondary N) is 1. The van der Waals surface area contributed by atoms with Crippen LogP contribution in [0.5, 0.6) is 5.19 Å². The van der Waals surface area contributed by atoms with Gasteiger partial charge in [-0.2, -0.15) is 0 Å². The van der Waals surface area contributed by atoms with Crippen molar-refractivity contribution in [1.29, 1.82) is 0 Å². The smallest absolute Gasteiger partial charge is 0.274 e. The molecule has 4 heteroatoms. The summed E-state index contributed by atoms with van der Waals surface area (Å²) >= 11 is 1.63. The van der Waals surface area contributed by atoms with Crippen LogP contribution >= 0.6 is 11.3 Å². The van der Waals surface area contributed by atoms with Crippen LogP contribution in [0.2, 0.25) is 0 Å². The molecular weight excluding hydrogens is 244 g/mol. The molecule has 3 nitrogen and oxygen atoms in total. The number of hydrogen-bond acceptors (Lipinski definition) is 4. The molecule has 0 amide bonds. The molecule has 0 aliphatic carbocycles. The first kappa shape index (κ1) is 11.9. The van der Waals surface area contributed by atoms with E-state index in [1.165, 1.54) is 24.1 Å². The highest BCUT2D eigenvalue weighted by Gasteiger charge is 2.13. The van der Waals surface area contributed by atoms with E-state index >= 15 is 0 Å². The van der Waals surface area contributed by atoms with Crippen molar-refractivity contribution in [3.8, 4) is 5.19 Å². The summed E-state index contributed by atoms with van der Waals surface area (Å²) in [5.41, 5.74) is 1.04. The average molecular weight is 262 g/mol. The molecule has 2 heterocycles. The van der Waals surface area contributed by atoms with Crippen molar-refractivity contribution in [2.45, 2.75) is 19.3 Å². The highest BCUT2D eigenvalue weighted by molar-refractivity contribution is 7.20. The molecule has 96 valence electrons. The maximum Gasteiger partial charge on any atom is 0.274 e. The van der Waals surface area contributed by atoms with E-state index in [1.54, 1.807) is 11.3 Å². The number of piperidine rings is 1. The number of aromatic nitrogens is 1. The highest BCUT2D eigenvalue weighted by atomic mass is 32.1. The molecule has 0 radical (unpaired) electrons. The zero-order valence-corrected chi connectivity index (χ0v) is 11.2. The van der Waals surface area contributed by atoms with Crippen molar-refractivity contribution < 1.29 is 4.74 Å². The Balaban J connectivity index is 1.53.